The van der Waals surface area contributed by atoms with Crippen molar-refractivity contribution in [2.45, 2.75) is 35.4 Å². The first-order valence-corrected chi connectivity index (χ1v) is 8.53. The average Bonchev–Trinajstić information content (AvgIpc) is 3.19. The molecular formula is C14H16N4OS2. The summed E-state index contributed by atoms with van der Waals surface area (Å²) in [6.07, 6.45) is 2.41. The molecule has 0 spiro atoms. The number of rotatable bonds is 6. The van der Waals surface area contributed by atoms with Crippen molar-refractivity contribution in [2.24, 2.45) is 0 Å². The Hall–Kier alpha value is -1.60. The van der Waals surface area contributed by atoms with Gasteiger partial charge in [0.15, 0.2) is 4.34 Å². The Balaban J connectivity index is 1.53. The van der Waals surface area contributed by atoms with E-state index >= 15 is 0 Å². The lowest BCUT2D eigenvalue weighted by atomic mass is 10.3. The highest BCUT2D eigenvalue weighted by molar-refractivity contribution is 8.02. The van der Waals surface area contributed by atoms with Gasteiger partial charge in [-0.3, -0.25) is 4.79 Å². The summed E-state index contributed by atoms with van der Waals surface area (Å²) in [7, 11) is 0. The van der Waals surface area contributed by atoms with E-state index in [-0.39, 0.29) is 11.2 Å². The summed E-state index contributed by atoms with van der Waals surface area (Å²) in [5.41, 5.74) is 0.809. The van der Waals surface area contributed by atoms with E-state index in [9.17, 15) is 4.79 Å². The first-order valence-electron chi connectivity index (χ1n) is 6.83. The predicted molar refractivity (Wildman–Crippen MR) is 86.9 cm³/mol. The maximum absolute atomic E-state index is 12.1. The van der Waals surface area contributed by atoms with Crippen LogP contribution < -0.4 is 10.6 Å². The van der Waals surface area contributed by atoms with Gasteiger partial charge in [-0.25, -0.2) is 0 Å². The lowest BCUT2D eigenvalue weighted by molar-refractivity contribution is -0.115. The summed E-state index contributed by atoms with van der Waals surface area (Å²) in [5, 5.41) is 15.0. The highest BCUT2D eigenvalue weighted by Crippen LogP contribution is 2.32. The van der Waals surface area contributed by atoms with Crippen LogP contribution in [-0.4, -0.2) is 27.4 Å². The summed E-state index contributed by atoms with van der Waals surface area (Å²) < 4.78 is 0.814. The number of nitrogens with zero attached hydrogens (tertiary/aromatic N) is 2. The minimum Gasteiger partial charge on any atom is -0.357 e. The van der Waals surface area contributed by atoms with E-state index in [2.05, 4.69) is 20.8 Å². The third-order valence-electron chi connectivity index (χ3n) is 3.00. The summed E-state index contributed by atoms with van der Waals surface area (Å²) in [5.74, 6) is -0.0295. The molecule has 1 aliphatic carbocycles. The first-order chi connectivity index (χ1) is 10.2. The Morgan fingerprint density at radius 3 is 2.81 bits per heavy atom. The molecule has 2 N–H and O–H groups in total. The molecule has 0 unspecified atom stereocenters. The fourth-order valence-electron chi connectivity index (χ4n) is 1.69. The smallest absolute Gasteiger partial charge is 0.237 e. The monoisotopic (exact) mass is 320 g/mol. The summed E-state index contributed by atoms with van der Waals surface area (Å²) >= 11 is 2.93. The van der Waals surface area contributed by atoms with E-state index in [0.29, 0.717) is 6.04 Å². The third-order valence-corrected chi connectivity index (χ3v) is 5.04. The molecule has 110 valence electrons. The Labute approximate surface area is 131 Å². The molecule has 1 aromatic carbocycles. The van der Waals surface area contributed by atoms with Gasteiger partial charge in [-0.1, -0.05) is 41.3 Å². The number of nitrogens with one attached hydrogen (secondary N) is 2. The number of anilines is 2. The highest BCUT2D eigenvalue weighted by Gasteiger charge is 2.23. The van der Waals surface area contributed by atoms with E-state index in [0.717, 1.165) is 15.2 Å². The SMILES string of the molecule is C[C@@H](Sc1nnc(NC2CC2)s1)C(=O)Nc1ccccc1. The van der Waals surface area contributed by atoms with Crippen LogP contribution in [0.25, 0.3) is 0 Å². The lowest BCUT2D eigenvalue weighted by Crippen LogP contribution is -2.22. The second-order valence-corrected chi connectivity index (χ2v) is 7.47. The summed E-state index contributed by atoms with van der Waals surface area (Å²) in [6.45, 7) is 1.87. The zero-order chi connectivity index (χ0) is 14.7. The largest absolute Gasteiger partial charge is 0.357 e. The van der Waals surface area contributed by atoms with E-state index in [1.54, 1.807) is 0 Å². The molecule has 1 saturated carbocycles. The molecule has 0 bridgehead atoms. The molecule has 1 heterocycles. The van der Waals surface area contributed by atoms with Crippen LogP contribution in [0.4, 0.5) is 10.8 Å². The van der Waals surface area contributed by atoms with Crippen molar-refractivity contribution < 1.29 is 4.79 Å². The molecule has 3 rings (SSSR count). The zero-order valence-corrected chi connectivity index (χ0v) is 13.2. The van der Waals surface area contributed by atoms with Crippen LogP contribution in [0.15, 0.2) is 34.7 Å². The Morgan fingerprint density at radius 2 is 2.10 bits per heavy atom. The fourth-order valence-corrected chi connectivity index (χ4v) is 3.66. The molecule has 0 aliphatic heterocycles. The molecule has 1 aromatic heterocycles. The minimum atomic E-state index is -0.216. The standard InChI is InChI=1S/C14H16N4OS2/c1-9(12(19)15-10-5-3-2-4-6-10)20-14-18-17-13(21-14)16-11-7-8-11/h2-6,9,11H,7-8H2,1H3,(H,15,19)(H,16,17)/t9-/m1/s1. The van der Waals surface area contributed by atoms with Gasteiger partial charge in [-0.15, -0.1) is 10.2 Å². The highest BCUT2D eigenvalue weighted by atomic mass is 32.2. The molecule has 5 nitrogen and oxygen atoms in total. The van der Waals surface area contributed by atoms with Crippen LogP contribution in [0.5, 0.6) is 0 Å². The number of carbonyl (C=O) groups excluding carboxylic acids is 1. The van der Waals surface area contributed by atoms with Crippen LogP contribution in [0.3, 0.4) is 0 Å². The number of thioether (sulfide) groups is 1. The third kappa shape index (κ3) is 4.18. The maximum Gasteiger partial charge on any atom is 0.237 e. The van der Waals surface area contributed by atoms with Crippen LogP contribution in [0, 0.1) is 0 Å². The molecule has 1 amide bonds. The number of aromatic nitrogens is 2. The van der Waals surface area contributed by atoms with Crippen molar-refractivity contribution in [3.63, 3.8) is 0 Å². The second-order valence-electron chi connectivity index (χ2n) is 4.91. The van der Waals surface area contributed by atoms with E-state index < -0.39 is 0 Å². The molecule has 0 radical (unpaired) electrons. The number of hydrogen-bond acceptors (Lipinski definition) is 6. The molecule has 1 atom stereocenters. The van der Waals surface area contributed by atoms with Gasteiger partial charge in [0.25, 0.3) is 0 Å². The maximum atomic E-state index is 12.1. The van der Waals surface area contributed by atoms with Gasteiger partial charge in [-0.05, 0) is 31.9 Å². The molecule has 2 aromatic rings. The fraction of sp³-hybridized carbons (Fsp3) is 0.357. The van der Waals surface area contributed by atoms with Crippen LogP contribution in [0.2, 0.25) is 0 Å². The van der Waals surface area contributed by atoms with Gasteiger partial charge < -0.3 is 10.6 Å². The molecule has 1 aliphatic rings. The zero-order valence-electron chi connectivity index (χ0n) is 11.6. The Kier molecular flexibility index (Phi) is 4.40. The van der Waals surface area contributed by atoms with Crippen molar-refractivity contribution in [3.8, 4) is 0 Å². The van der Waals surface area contributed by atoms with Crippen molar-refractivity contribution in [3.05, 3.63) is 30.3 Å². The second kappa shape index (κ2) is 6.44. The van der Waals surface area contributed by atoms with Gasteiger partial charge >= 0.3 is 0 Å². The normalized spacial score (nSPS) is 15.5. The van der Waals surface area contributed by atoms with Crippen molar-refractivity contribution in [1.82, 2.24) is 10.2 Å². The van der Waals surface area contributed by atoms with Gasteiger partial charge in [0, 0.05) is 11.7 Å². The van der Waals surface area contributed by atoms with Crippen LogP contribution in [-0.2, 0) is 4.79 Å². The molecule has 0 saturated heterocycles. The minimum absolute atomic E-state index is 0.0295. The molecule has 1 fully saturated rings. The molecular weight excluding hydrogens is 304 g/mol. The number of amides is 1. The number of para-hydroxylation sites is 1. The van der Waals surface area contributed by atoms with E-state index in [1.807, 2.05) is 37.3 Å². The van der Waals surface area contributed by atoms with Crippen molar-refractivity contribution in [1.29, 1.82) is 0 Å². The summed E-state index contributed by atoms with van der Waals surface area (Å²) in [4.78, 5) is 12.1. The van der Waals surface area contributed by atoms with Crippen LogP contribution in [0.1, 0.15) is 19.8 Å². The first kappa shape index (κ1) is 14.3. The molecule has 7 heteroatoms. The molecule has 21 heavy (non-hydrogen) atoms. The lowest BCUT2D eigenvalue weighted by Gasteiger charge is -2.09. The Bertz CT molecular complexity index is 612. The predicted octanol–water partition coefficient (Wildman–Crippen LogP) is 3.23. The number of carbonyl (C=O) groups is 1. The number of hydrogen-bond donors (Lipinski definition) is 2. The van der Waals surface area contributed by atoms with Gasteiger partial charge in [0.1, 0.15) is 0 Å². The van der Waals surface area contributed by atoms with Crippen molar-refractivity contribution >= 4 is 39.8 Å². The van der Waals surface area contributed by atoms with Gasteiger partial charge in [-0.2, -0.15) is 0 Å². The van der Waals surface area contributed by atoms with Crippen molar-refractivity contribution in [2.75, 3.05) is 10.6 Å². The van der Waals surface area contributed by atoms with Crippen LogP contribution >= 0.6 is 23.1 Å². The van der Waals surface area contributed by atoms with E-state index in [1.165, 1.54) is 35.9 Å². The van der Waals surface area contributed by atoms with E-state index in [4.69, 9.17) is 0 Å². The average molecular weight is 320 g/mol. The van der Waals surface area contributed by atoms with Gasteiger partial charge in [0.05, 0.1) is 5.25 Å². The quantitative estimate of drug-likeness (QED) is 0.800. The summed E-state index contributed by atoms with van der Waals surface area (Å²) in [6, 6.07) is 10.0. The number of benzene rings is 1. The topological polar surface area (TPSA) is 66.9 Å². The van der Waals surface area contributed by atoms with Gasteiger partial charge in [0.2, 0.25) is 11.0 Å². The Morgan fingerprint density at radius 1 is 1.33 bits per heavy atom.